The van der Waals surface area contributed by atoms with Crippen molar-refractivity contribution in [2.45, 2.75) is 58.7 Å². The molecule has 3 rings (SSSR count). The van der Waals surface area contributed by atoms with Gasteiger partial charge in [-0.2, -0.15) is 11.8 Å². The first-order valence-electron chi connectivity index (χ1n) is 13.0. The highest BCUT2D eigenvalue weighted by Crippen LogP contribution is 2.28. The van der Waals surface area contributed by atoms with E-state index in [0.717, 1.165) is 27.5 Å². The normalized spacial score (nSPS) is 12.9. The molecule has 0 aliphatic rings. The van der Waals surface area contributed by atoms with Gasteiger partial charge in [0, 0.05) is 12.7 Å². The molecule has 0 aliphatic heterocycles. The van der Waals surface area contributed by atoms with E-state index >= 15 is 0 Å². The first-order valence-corrected chi connectivity index (χ1v) is 14.4. The van der Waals surface area contributed by atoms with Crippen LogP contribution in [-0.4, -0.2) is 53.5 Å². The minimum absolute atomic E-state index is 0.337. The summed E-state index contributed by atoms with van der Waals surface area (Å²) in [6.07, 6.45) is 1.67. The second-order valence-electron chi connectivity index (χ2n) is 10.7. The van der Waals surface area contributed by atoms with Crippen LogP contribution >= 0.6 is 11.8 Å². The number of fused-ring (bicyclic) bond motifs is 1. The summed E-state index contributed by atoms with van der Waals surface area (Å²) in [6, 6.07) is 17.6. The molecule has 0 radical (unpaired) electrons. The van der Waals surface area contributed by atoms with Gasteiger partial charge in [-0.05, 0) is 92.6 Å². The zero-order valence-corrected chi connectivity index (χ0v) is 24.6. The molecule has 0 spiro atoms. The SMILES string of the molecule is CSCCC(NC(=O)OC(C)(C)C)C(=O)N(C)C(C(=O)Nc1ccc2ccccc2c1)c1cccc(C)c1C. The Balaban J connectivity index is 1.95. The van der Waals surface area contributed by atoms with Crippen LogP contribution < -0.4 is 10.6 Å². The van der Waals surface area contributed by atoms with Crippen molar-refractivity contribution in [2.75, 3.05) is 24.4 Å². The lowest BCUT2D eigenvalue weighted by Gasteiger charge is -2.32. The van der Waals surface area contributed by atoms with Crippen molar-refractivity contribution in [3.63, 3.8) is 0 Å². The summed E-state index contributed by atoms with van der Waals surface area (Å²) >= 11 is 1.58. The molecule has 3 aromatic rings. The molecule has 0 bridgehead atoms. The summed E-state index contributed by atoms with van der Waals surface area (Å²) in [6.45, 7) is 9.23. The number of hydrogen-bond acceptors (Lipinski definition) is 5. The van der Waals surface area contributed by atoms with Gasteiger partial charge in [-0.15, -0.1) is 0 Å². The van der Waals surface area contributed by atoms with Gasteiger partial charge in [0.1, 0.15) is 17.7 Å². The van der Waals surface area contributed by atoms with Gasteiger partial charge in [0.05, 0.1) is 0 Å². The average molecular weight is 550 g/mol. The predicted molar refractivity (Wildman–Crippen MR) is 160 cm³/mol. The standard InChI is InChI=1S/C31H39N3O4S/c1-20-11-10-14-25(21(20)2)27(28(35)32-24-16-15-22-12-8-9-13-23(22)19-24)34(6)29(36)26(17-18-39-7)33-30(37)38-31(3,4)5/h8-16,19,26-27H,17-18H2,1-7H3,(H,32,35)(H,33,37). The molecule has 2 N–H and O–H groups in total. The first-order chi connectivity index (χ1) is 18.4. The molecule has 208 valence electrons. The summed E-state index contributed by atoms with van der Waals surface area (Å²) in [5.74, 6) is -0.0533. The summed E-state index contributed by atoms with van der Waals surface area (Å²) < 4.78 is 5.41. The largest absolute Gasteiger partial charge is 0.444 e. The molecular weight excluding hydrogens is 510 g/mol. The van der Waals surface area contributed by atoms with Crippen LogP contribution in [0.5, 0.6) is 0 Å². The van der Waals surface area contributed by atoms with Crippen molar-refractivity contribution >= 4 is 46.1 Å². The van der Waals surface area contributed by atoms with E-state index in [0.29, 0.717) is 17.9 Å². The third-order valence-electron chi connectivity index (χ3n) is 6.54. The summed E-state index contributed by atoms with van der Waals surface area (Å²) in [4.78, 5) is 41.8. The number of carbonyl (C=O) groups is 3. The van der Waals surface area contributed by atoms with E-state index in [1.54, 1.807) is 39.6 Å². The first kappa shape index (κ1) is 30.0. The highest BCUT2D eigenvalue weighted by Gasteiger charge is 2.35. The third kappa shape index (κ3) is 7.99. The Morgan fingerprint density at radius 3 is 2.33 bits per heavy atom. The molecule has 7 nitrogen and oxygen atoms in total. The Morgan fingerprint density at radius 2 is 1.67 bits per heavy atom. The molecule has 0 heterocycles. The lowest BCUT2D eigenvalue weighted by molar-refractivity contribution is -0.139. The maximum absolute atomic E-state index is 13.9. The van der Waals surface area contributed by atoms with Crippen LogP contribution in [0.3, 0.4) is 0 Å². The highest BCUT2D eigenvalue weighted by molar-refractivity contribution is 7.98. The zero-order chi connectivity index (χ0) is 28.7. The van der Waals surface area contributed by atoms with E-state index < -0.39 is 23.8 Å². The second kappa shape index (κ2) is 13.0. The van der Waals surface area contributed by atoms with Crippen molar-refractivity contribution in [3.8, 4) is 0 Å². The smallest absolute Gasteiger partial charge is 0.408 e. The van der Waals surface area contributed by atoms with Gasteiger partial charge in [-0.25, -0.2) is 4.79 Å². The molecule has 3 aromatic carbocycles. The fourth-order valence-corrected chi connectivity index (χ4v) is 4.86. The second-order valence-corrected chi connectivity index (χ2v) is 11.7. The highest BCUT2D eigenvalue weighted by atomic mass is 32.2. The van der Waals surface area contributed by atoms with E-state index in [1.807, 2.05) is 80.8 Å². The number of rotatable bonds is 9. The Bertz CT molecular complexity index is 1330. The van der Waals surface area contributed by atoms with E-state index in [2.05, 4.69) is 10.6 Å². The number of hydrogen-bond donors (Lipinski definition) is 2. The monoisotopic (exact) mass is 549 g/mol. The topological polar surface area (TPSA) is 87.7 Å². The number of aryl methyl sites for hydroxylation is 1. The van der Waals surface area contributed by atoms with Crippen molar-refractivity contribution in [1.29, 1.82) is 0 Å². The Labute approximate surface area is 235 Å². The molecule has 0 saturated carbocycles. The van der Waals surface area contributed by atoms with Crippen LogP contribution in [0, 0.1) is 13.8 Å². The Kier molecular flexibility index (Phi) is 10.0. The minimum Gasteiger partial charge on any atom is -0.444 e. The lowest BCUT2D eigenvalue weighted by Crippen LogP contribution is -2.51. The van der Waals surface area contributed by atoms with Gasteiger partial charge in [0.15, 0.2) is 0 Å². The van der Waals surface area contributed by atoms with Gasteiger partial charge in [0.2, 0.25) is 5.91 Å². The van der Waals surface area contributed by atoms with Crippen LogP contribution in [-0.2, 0) is 14.3 Å². The molecule has 0 fully saturated rings. The van der Waals surface area contributed by atoms with Crippen molar-refractivity contribution < 1.29 is 19.1 Å². The zero-order valence-electron chi connectivity index (χ0n) is 23.8. The number of amides is 3. The van der Waals surface area contributed by atoms with Crippen LogP contribution in [0.2, 0.25) is 0 Å². The van der Waals surface area contributed by atoms with Gasteiger partial charge in [-0.1, -0.05) is 48.5 Å². The number of thioether (sulfide) groups is 1. The van der Waals surface area contributed by atoms with Gasteiger partial charge in [-0.3, -0.25) is 9.59 Å². The fraction of sp³-hybridized carbons (Fsp3) is 0.387. The van der Waals surface area contributed by atoms with E-state index in [9.17, 15) is 14.4 Å². The Morgan fingerprint density at radius 1 is 0.974 bits per heavy atom. The van der Waals surface area contributed by atoms with E-state index in [4.69, 9.17) is 4.74 Å². The summed E-state index contributed by atoms with van der Waals surface area (Å²) in [5.41, 5.74) is 2.61. The molecule has 0 aromatic heterocycles. The number of ether oxygens (including phenoxy) is 1. The quantitative estimate of drug-likeness (QED) is 0.330. The number of likely N-dealkylation sites (N-methyl/N-ethyl adjacent to an activating group) is 1. The van der Waals surface area contributed by atoms with Gasteiger partial charge in [0.25, 0.3) is 5.91 Å². The molecule has 39 heavy (non-hydrogen) atoms. The molecule has 0 saturated heterocycles. The predicted octanol–water partition coefficient (Wildman–Crippen LogP) is 6.24. The summed E-state index contributed by atoms with van der Waals surface area (Å²) in [7, 11) is 1.61. The number of anilines is 1. The van der Waals surface area contributed by atoms with Crippen molar-refractivity contribution in [1.82, 2.24) is 10.2 Å². The summed E-state index contributed by atoms with van der Waals surface area (Å²) in [5, 5.41) is 7.82. The lowest BCUT2D eigenvalue weighted by atomic mass is 9.95. The molecule has 2 atom stereocenters. The van der Waals surface area contributed by atoms with Gasteiger partial charge >= 0.3 is 6.09 Å². The van der Waals surface area contributed by atoms with Gasteiger partial charge < -0.3 is 20.3 Å². The molecule has 2 unspecified atom stereocenters. The van der Waals surface area contributed by atoms with Crippen LogP contribution in [0.25, 0.3) is 10.8 Å². The maximum atomic E-state index is 13.9. The van der Waals surface area contributed by atoms with Crippen LogP contribution in [0.1, 0.15) is 49.9 Å². The number of benzene rings is 3. The van der Waals surface area contributed by atoms with Crippen LogP contribution in [0.15, 0.2) is 60.7 Å². The van der Waals surface area contributed by atoms with E-state index in [1.165, 1.54) is 4.90 Å². The maximum Gasteiger partial charge on any atom is 0.408 e. The molecule has 8 heteroatoms. The Hall–Kier alpha value is -3.52. The number of carbonyl (C=O) groups excluding carboxylic acids is 3. The number of alkyl carbamates (subject to hydrolysis) is 1. The molecule has 3 amide bonds. The molecule has 0 aliphatic carbocycles. The average Bonchev–Trinajstić information content (AvgIpc) is 2.87. The van der Waals surface area contributed by atoms with Crippen LogP contribution in [0.4, 0.5) is 10.5 Å². The number of nitrogens with zero attached hydrogens (tertiary/aromatic N) is 1. The van der Waals surface area contributed by atoms with Crippen molar-refractivity contribution in [3.05, 3.63) is 77.4 Å². The molecular formula is C31H39N3O4S. The minimum atomic E-state index is -0.916. The fourth-order valence-electron chi connectivity index (χ4n) is 4.39. The third-order valence-corrected chi connectivity index (χ3v) is 7.19. The van der Waals surface area contributed by atoms with E-state index in [-0.39, 0.29) is 11.8 Å². The van der Waals surface area contributed by atoms with Crippen molar-refractivity contribution in [2.24, 2.45) is 0 Å². The number of nitrogens with one attached hydrogen (secondary N) is 2.